The minimum Gasteiger partial charge on any atom is -0.476 e. The van der Waals surface area contributed by atoms with E-state index in [1.807, 2.05) is 67.1 Å². The van der Waals surface area contributed by atoms with Crippen LogP contribution in [0.15, 0.2) is 42.6 Å². The van der Waals surface area contributed by atoms with Crippen molar-refractivity contribution < 1.29 is 27.6 Å². The van der Waals surface area contributed by atoms with Gasteiger partial charge in [-0.1, -0.05) is 37.3 Å². The van der Waals surface area contributed by atoms with E-state index in [1.54, 1.807) is 17.5 Å². The number of hydrogen-bond acceptors (Lipinski definition) is 13. The summed E-state index contributed by atoms with van der Waals surface area (Å²) in [4.78, 5) is 26.3. The largest absolute Gasteiger partial charge is 0.476 e. The van der Waals surface area contributed by atoms with Crippen LogP contribution < -0.4 is 10.2 Å². The summed E-state index contributed by atoms with van der Waals surface area (Å²) in [5, 5.41) is 28.8. The van der Waals surface area contributed by atoms with Gasteiger partial charge >= 0.3 is 5.97 Å². The molecule has 4 aliphatic carbocycles. The van der Waals surface area contributed by atoms with E-state index in [0.717, 1.165) is 89.1 Å². The number of pyridine rings is 1. The summed E-state index contributed by atoms with van der Waals surface area (Å²) < 4.78 is 41.8. The number of carboxylic acid groups (broad SMARTS) is 1. The van der Waals surface area contributed by atoms with Crippen molar-refractivity contribution >= 4 is 60.2 Å². The molecule has 4 bridgehead atoms. The van der Waals surface area contributed by atoms with E-state index >= 15 is 0 Å². The van der Waals surface area contributed by atoms with E-state index in [4.69, 9.17) is 19.8 Å². The number of aromatic nitrogens is 6. The number of ether oxygens (including phenoxy) is 1. The molecule has 318 valence electrons. The molecule has 17 heteroatoms. The zero-order chi connectivity index (χ0) is 42.2. The van der Waals surface area contributed by atoms with Gasteiger partial charge in [-0.05, 0) is 113 Å². The molecule has 2 atom stereocenters. The predicted octanol–water partition coefficient (Wildman–Crippen LogP) is 7.44. The van der Waals surface area contributed by atoms with Gasteiger partial charge in [0.2, 0.25) is 0 Å². The Labute approximate surface area is 354 Å². The molecular formula is C43H53N9O6S2. The first-order valence-corrected chi connectivity index (χ1v) is 23.2. The van der Waals surface area contributed by atoms with Crippen molar-refractivity contribution in [1.29, 1.82) is 0 Å². The molecular weight excluding hydrogens is 803 g/mol. The second-order valence-corrected chi connectivity index (χ2v) is 21.4. The zero-order valence-corrected chi connectivity index (χ0v) is 36.5. The van der Waals surface area contributed by atoms with Crippen LogP contribution in [0.2, 0.25) is 0 Å². The summed E-state index contributed by atoms with van der Waals surface area (Å²) in [5.41, 5.74) is 4.96. The Bertz CT molecular complexity index is 2560. The van der Waals surface area contributed by atoms with E-state index in [0.29, 0.717) is 49.3 Å². The summed E-state index contributed by atoms with van der Waals surface area (Å²) in [6.07, 6.45) is 9.62. The standard InChI is InChI=1S/C43H53N9O6S2/c1-27-29-9-8-14-51(37(29)49-48-36(27)47-39-45-32-10-6-7-11-33(32)59-39)34-13-12-30(35(46-34)38(53)54)31-19-44-52(28(31)2)26-42-21-40(3)20-41(4,22-42)24-43(23-40,25-42)58-17-15-50(5)16-18-60(55,56)57/h6-7,10-13,19H,8-9,14-18,20-26H2,1-5H3,(H,53,54)(H,45,47,48)(H,55,56,57). The van der Waals surface area contributed by atoms with Crippen LogP contribution in [0.25, 0.3) is 21.3 Å². The molecule has 60 heavy (non-hydrogen) atoms. The average Bonchev–Trinajstić information content (AvgIpc) is 3.74. The highest BCUT2D eigenvalue weighted by Gasteiger charge is 2.66. The van der Waals surface area contributed by atoms with Crippen LogP contribution in [0.4, 0.5) is 22.6 Å². The summed E-state index contributed by atoms with van der Waals surface area (Å²) in [5.74, 6) is 0.418. The third kappa shape index (κ3) is 7.78. The van der Waals surface area contributed by atoms with Gasteiger partial charge in [0, 0.05) is 54.1 Å². The first-order valence-electron chi connectivity index (χ1n) is 20.7. The number of para-hydroxylation sites is 1. The highest BCUT2D eigenvalue weighted by Crippen LogP contribution is 2.72. The van der Waals surface area contributed by atoms with E-state index in [9.17, 15) is 22.9 Å². The first-order chi connectivity index (χ1) is 28.4. The molecule has 1 aliphatic heterocycles. The molecule has 1 aromatic carbocycles. The van der Waals surface area contributed by atoms with Crippen LogP contribution in [0, 0.1) is 30.1 Å². The Morgan fingerprint density at radius 2 is 1.75 bits per heavy atom. The van der Waals surface area contributed by atoms with Gasteiger partial charge in [0.05, 0.1) is 34.4 Å². The molecule has 0 saturated heterocycles. The van der Waals surface area contributed by atoms with Crippen molar-refractivity contribution in [3.63, 3.8) is 0 Å². The van der Waals surface area contributed by atoms with Gasteiger partial charge in [0.1, 0.15) is 5.82 Å². The number of nitrogens with one attached hydrogen (secondary N) is 1. The number of hydrogen-bond donors (Lipinski definition) is 3. The van der Waals surface area contributed by atoms with Crippen molar-refractivity contribution in [3.8, 4) is 11.1 Å². The third-order valence-corrected chi connectivity index (χ3v) is 15.1. The van der Waals surface area contributed by atoms with Crippen molar-refractivity contribution in [2.75, 3.05) is 49.3 Å². The minimum absolute atomic E-state index is 0.0372. The highest BCUT2D eigenvalue weighted by molar-refractivity contribution is 7.85. The number of carbonyl (C=O) groups is 1. The number of thiazole rings is 1. The lowest BCUT2D eigenvalue weighted by atomic mass is 9.39. The van der Waals surface area contributed by atoms with Gasteiger partial charge in [0.15, 0.2) is 22.5 Å². The van der Waals surface area contributed by atoms with Crippen molar-refractivity contribution in [1.82, 2.24) is 34.8 Å². The Kier molecular flexibility index (Phi) is 10.1. The maximum absolute atomic E-state index is 12.9. The summed E-state index contributed by atoms with van der Waals surface area (Å²) >= 11 is 1.56. The molecule has 4 aromatic heterocycles. The van der Waals surface area contributed by atoms with Gasteiger partial charge in [-0.15, -0.1) is 10.2 Å². The second-order valence-electron chi connectivity index (χ2n) is 18.8. The van der Waals surface area contributed by atoms with Crippen molar-refractivity contribution in [2.24, 2.45) is 16.2 Å². The zero-order valence-electron chi connectivity index (χ0n) is 34.9. The van der Waals surface area contributed by atoms with Crippen LogP contribution in [-0.4, -0.2) is 104 Å². The smallest absolute Gasteiger partial charge is 0.355 e. The van der Waals surface area contributed by atoms with E-state index in [2.05, 4.69) is 34.0 Å². The fourth-order valence-corrected chi connectivity index (χ4v) is 13.5. The molecule has 0 amide bonds. The number of likely N-dealkylation sites (N-methyl/N-ethyl adjacent to an activating group) is 1. The Morgan fingerprint density at radius 1 is 0.983 bits per heavy atom. The Hall–Kier alpha value is -4.55. The van der Waals surface area contributed by atoms with Crippen LogP contribution in [0.3, 0.4) is 0 Å². The van der Waals surface area contributed by atoms with E-state index in [1.165, 1.54) is 0 Å². The normalized spacial score (nSPS) is 25.9. The van der Waals surface area contributed by atoms with Crippen molar-refractivity contribution in [3.05, 3.63) is 65.1 Å². The molecule has 3 N–H and O–H groups in total. The molecule has 5 aliphatic rings. The molecule has 4 saturated carbocycles. The molecule has 5 heterocycles. The Balaban J connectivity index is 0.946. The number of anilines is 4. The first kappa shape index (κ1) is 40.8. The fraction of sp³-hybridized carbons (Fsp3) is 0.535. The number of benzene rings is 1. The van der Waals surface area contributed by atoms with Crippen LogP contribution in [0.5, 0.6) is 0 Å². The SMILES string of the molecule is Cc1c(Nc2nc3ccccc3s2)nnc2c1CCCN2c1ccc(-c2cnn(CC34CC5(C)CC(C)(C3)CC(OCCN(C)CCS(=O)(=O)O)(C5)C4)c2C)c(C(=O)O)n1. The maximum atomic E-state index is 12.9. The van der Waals surface area contributed by atoms with Gasteiger partial charge in [0.25, 0.3) is 10.1 Å². The van der Waals surface area contributed by atoms with Crippen LogP contribution >= 0.6 is 11.3 Å². The molecule has 5 aromatic rings. The van der Waals surface area contributed by atoms with Crippen LogP contribution in [-0.2, 0) is 27.8 Å². The van der Waals surface area contributed by atoms with E-state index < -0.39 is 16.1 Å². The Morgan fingerprint density at radius 3 is 2.48 bits per heavy atom. The average molecular weight is 856 g/mol. The maximum Gasteiger partial charge on any atom is 0.355 e. The minimum atomic E-state index is -4.02. The number of carboxylic acids is 1. The van der Waals surface area contributed by atoms with Crippen LogP contribution in [0.1, 0.15) is 86.1 Å². The highest BCUT2D eigenvalue weighted by atomic mass is 32.2. The lowest BCUT2D eigenvalue weighted by Gasteiger charge is -2.69. The summed E-state index contributed by atoms with van der Waals surface area (Å²) in [7, 11) is -2.18. The number of rotatable bonds is 14. The molecule has 2 unspecified atom stereocenters. The number of fused-ring (bicyclic) bond motifs is 2. The van der Waals surface area contributed by atoms with Gasteiger partial charge in [-0.2, -0.15) is 13.5 Å². The molecule has 0 radical (unpaired) electrons. The van der Waals surface area contributed by atoms with Gasteiger partial charge in [-0.25, -0.2) is 14.8 Å². The number of nitrogens with zero attached hydrogens (tertiary/aromatic N) is 8. The van der Waals surface area contributed by atoms with Gasteiger partial charge in [-0.3, -0.25) is 9.23 Å². The molecule has 10 rings (SSSR count). The lowest BCUT2D eigenvalue weighted by Crippen LogP contribution is -2.64. The number of aromatic carboxylic acids is 1. The monoisotopic (exact) mass is 855 g/mol. The van der Waals surface area contributed by atoms with Crippen molar-refractivity contribution in [2.45, 2.75) is 91.2 Å². The van der Waals surface area contributed by atoms with Gasteiger partial charge < -0.3 is 25.0 Å². The topological polar surface area (TPSA) is 189 Å². The fourth-order valence-electron chi connectivity index (χ4n) is 12.1. The molecule has 0 spiro atoms. The third-order valence-electron chi connectivity index (χ3n) is 13.4. The summed E-state index contributed by atoms with van der Waals surface area (Å²) in [6.45, 7) is 11.5. The molecule has 4 fully saturated rings. The quantitative estimate of drug-likeness (QED) is 0.0935. The second kappa shape index (κ2) is 14.8. The summed E-state index contributed by atoms with van der Waals surface area (Å²) in [6, 6.07) is 11.7. The predicted molar refractivity (Wildman–Crippen MR) is 231 cm³/mol. The van der Waals surface area contributed by atoms with E-state index in [-0.39, 0.29) is 39.8 Å². The molecule has 15 nitrogen and oxygen atoms in total. The lowest BCUT2D eigenvalue weighted by molar-refractivity contribution is -0.248.